The first-order valence-corrected chi connectivity index (χ1v) is 6.93. The van der Waals surface area contributed by atoms with Crippen LogP contribution in [-0.4, -0.2) is 35.6 Å². The summed E-state index contributed by atoms with van der Waals surface area (Å²) in [5.41, 5.74) is 0.304. The van der Waals surface area contributed by atoms with Crippen molar-refractivity contribution in [3.63, 3.8) is 0 Å². The zero-order valence-electron chi connectivity index (χ0n) is 11.5. The van der Waals surface area contributed by atoms with Crippen molar-refractivity contribution in [1.82, 2.24) is 4.90 Å². The average Bonchev–Trinajstić information content (AvgIpc) is 2.80. The van der Waals surface area contributed by atoms with Gasteiger partial charge in [0, 0.05) is 25.1 Å². The van der Waals surface area contributed by atoms with Crippen LogP contribution in [-0.2, 0) is 4.79 Å². The van der Waals surface area contributed by atoms with Crippen molar-refractivity contribution >= 4 is 5.97 Å². The highest BCUT2D eigenvalue weighted by molar-refractivity contribution is 5.72. The Kier molecular flexibility index (Phi) is 4.70. The van der Waals surface area contributed by atoms with Crippen molar-refractivity contribution in [2.75, 3.05) is 19.6 Å². The smallest absolute Gasteiger partial charge is 0.308 e. The van der Waals surface area contributed by atoms with Crippen LogP contribution < -0.4 is 0 Å². The van der Waals surface area contributed by atoms with Crippen LogP contribution in [0, 0.1) is 17.6 Å². The summed E-state index contributed by atoms with van der Waals surface area (Å²) in [4.78, 5) is 13.4. The van der Waals surface area contributed by atoms with Crippen LogP contribution in [0.15, 0.2) is 18.2 Å². The lowest BCUT2D eigenvalue weighted by atomic mass is 9.88. The number of likely N-dealkylation sites (tertiary alicyclic amines) is 1. The van der Waals surface area contributed by atoms with Crippen LogP contribution in [0.25, 0.3) is 0 Å². The minimum Gasteiger partial charge on any atom is -0.481 e. The number of hydrogen-bond acceptors (Lipinski definition) is 2. The number of rotatable bonds is 5. The number of halogens is 2. The van der Waals surface area contributed by atoms with Gasteiger partial charge in [-0.2, -0.15) is 0 Å². The molecule has 1 aliphatic rings. The maximum atomic E-state index is 13.9. The molecule has 3 nitrogen and oxygen atoms in total. The van der Waals surface area contributed by atoms with E-state index in [2.05, 4.69) is 11.8 Å². The predicted molar refractivity (Wildman–Crippen MR) is 71.6 cm³/mol. The largest absolute Gasteiger partial charge is 0.481 e. The molecule has 0 saturated carbocycles. The Morgan fingerprint density at radius 1 is 1.40 bits per heavy atom. The lowest BCUT2D eigenvalue weighted by molar-refractivity contribution is -0.141. The Morgan fingerprint density at radius 3 is 2.75 bits per heavy atom. The van der Waals surface area contributed by atoms with E-state index in [1.807, 2.05) is 0 Å². The van der Waals surface area contributed by atoms with Crippen molar-refractivity contribution in [2.24, 2.45) is 5.92 Å². The molecule has 1 fully saturated rings. The number of unbranched alkanes of at least 4 members (excludes halogenated alkanes) is 1. The van der Waals surface area contributed by atoms with Gasteiger partial charge in [0.05, 0.1) is 5.92 Å². The fourth-order valence-corrected chi connectivity index (χ4v) is 2.82. The molecule has 1 aromatic carbocycles. The third-order valence-corrected chi connectivity index (χ3v) is 3.90. The second kappa shape index (κ2) is 6.31. The minimum absolute atomic E-state index is 0.304. The van der Waals surface area contributed by atoms with Crippen LogP contribution in [0.3, 0.4) is 0 Å². The first kappa shape index (κ1) is 14.9. The van der Waals surface area contributed by atoms with E-state index in [9.17, 15) is 18.7 Å². The first-order chi connectivity index (χ1) is 9.52. The standard InChI is InChI=1S/C15H19F2NO2/c1-2-3-6-18-8-12(13(9-18)15(19)20)11-5-4-10(16)7-14(11)17/h4-5,7,12-13H,2-3,6,8-9H2,1H3,(H,19,20). The van der Waals surface area contributed by atoms with Crippen molar-refractivity contribution in [3.8, 4) is 0 Å². The highest BCUT2D eigenvalue weighted by atomic mass is 19.1. The summed E-state index contributed by atoms with van der Waals surface area (Å²) in [6.07, 6.45) is 2.02. The molecule has 20 heavy (non-hydrogen) atoms. The van der Waals surface area contributed by atoms with Gasteiger partial charge in [0.2, 0.25) is 0 Å². The van der Waals surface area contributed by atoms with Gasteiger partial charge in [-0.15, -0.1) is 0 Å². The van der Waals surface area contributed by atoms with Crippen LogP contribution >= 0.6 is 0 Å². The lowest BCUT2D eigenvalue weighted by Crippen LogP contribution is -2.24. The number of carbonyl (C=O) groups is 1. The van der Waals surface area contributed by atoms with E-state index in [4.69, 9.17) is 0 Å². The Bertz CT molecular complexity index is 493. The minimum atomic E-state index is -0.919. The monoisotopic (exact) mass is 283 g/mol. The Hall–Kier alpha value is -1.49. The van der Waals surface area contributed by atoms with Crippen LogP contribution in [0.1, 0.15) is 31.2 Å². The third-order valence-electron chi connectivity index (χ3n) is 3.90. The molecule has 0 bridgehead atoms. The number of carboxylic acid groups (broad SMARTS) is 1. The molecule has 0 radical (unpaired) electrons. The molecule has 2 atom stereocenters. The summed E-state index contributed by atoms with van der Waals surface area (Å²) in [6.45, 7) is 3.83. The van der Waals surface area contributed by atoms with Gasteiger partial charge >= 0.3 is 5.97 Å². The summed E-state index contributed by atoms with van der Waals surface area (Å²) >= 11 is 0. The quantitative estimate of drug-likeness (QED) is 0.903. The molecule has 0 aliphatic carbocycles. The van der Waals surface area contributed by atoms with E-state index < -0.39 is 29.4 Å². The van der Waals surface area contributed by atoms with Gasteiger partial charge < -0.3 is 10.0 Å². The normalized spacial score (nSPS) is 23.1. The molecular formula is C15H19F2NO2. The predicted octanol–water partition coefficient (Wildman–Crippen LogP) is 2.86. The maximum absolute atomic E-state index is 13.9. The lowest BCUT2D eigenvalue weighted by Gasteiger charge is -2.16. The van der Waals surface area contributed by atoms with Crippen molar-refractivity contribution in [1.29, 1.82) is 0 Å². The maximum Gasteiger partial charge on any atom is 0.308 e. The van der Waals surface area contributed by atoms with Gasteiger partial charge in [0.25, 0.3) is 0 Å². The molecule has 5 heteroatoms. The first-order valence-electron chi connectivity index (χ1n) is 6.93. The van der Waals surface area contributed by atoms with Gasteiger partial charge in [-0.25, -0.2) is 8.78 Å². The molecular weight excluding hydrogens is 264 g/mol. The summed E-state index contributed by atoms with van der Waals surface area (Å²) in [5, 5.41) is 9.31. The zero-order chi connectivity index (χ0) is 14.7. The van der Waals surface area contributed by atoms with E-state index >= 15 is 0 Å². The molecule has 1 heterocycles. The van der Waals surface area contributed by atoms with Crippen molar-refractivity contribution < 1.29 is 18.7 Å². The molecule has 1 N–H and O–H groups in total. The van der Waals surface area contributed by atoms with Gasteiger partial charge in [-0.05, 0) is 24.6 Å². The number of benzene rings is 1. The van der Waals surface area contributed by atoms with Crippen LogP contribution in [0.2, 0.25) is 0 Å². The number of aliphatic carboxylic acids is 1. The summed E-state index contributed by atoms with van der Waals surface area (Å²) in [5.74, 6) is -3.26. The highest BCUT2D eigenvalue weighted by Gasteiger charge is 2.39. The molecule has 1 aliphatic heterocycles. The van der Waals surface area contributed by atoms with Gasteiger partial charge in [0.1, 0.15) is 11.6 Å². The number of nitrogens with zero attached hydrogens (tertiary/aromatic N) is 1. The van der Waals surface area contributed by atoms with E-state index in [-0.39, 0.29) is 0 Å². The fourth-order valence-electron chi connectivity index (χ4n) is 2.82. The summed E-state index contributed by atoms with van der Waals surface area (Å²) in [7, 11) is 0. The molecule has 1 saturated heterocycles. The van der Waals surface area contributed by atoms with E-state index in [1.165, 1.54) is 12.1 Å². The number of carboxylic acids is 1. The Balaban J connectivity index is 2.21. The van der Waals surface area contributed by atoms with Gasteiger partial charge in [-0.3, -0.25) is 4.79 Å². The average molecular weight is 283 g/mol. The van der Waals surface area contributed by atoms with Crippen LogP contribution in [0.4, 0.5) is 8.78 Å². The van der Waals surface area contributed by atoms with Crippen molar-refractivity contribution in [2.45, 2.75) is 25.7 Å². The fraction of sp³-hybridized carbons (Fsp3) is 0.533. The highest BCUT2D eigenvalue weighted by Crippen LogP contribution is 2.34. The Labute approximate surface area is 117 Å². The van der Waals surface area contributed by atoms with E-state index in [1.54, 1.807) is 0 Å². The molecule has 0 aromatic heterocycles. The molecule has 0 amide bonds. The van der Waals surface area contributed by atoms with E-state index in [0.29, 0.717) is 18.7 Å². The second-order valence-electron chi connectivity index (χ2n) is 5.33. The van der Waals surface area contributed by atoms with Gasteiger partial charge in [-0.1, -0.05) is 19.4 Å². The third kappa shape index (κ3) is 3.15. The SMILES string of the molecule is CCCCN1CC(C(=O)O)C(c2ccc(F)cc2F)C1. The van der Waals surface area contributed by atoms with E-state index in [0.717, 1.165) is 25.5 Å². The number of hydrogen-bond donors (Lipinski definition) is 1. The molecule has 0 spiro atoms. The molecule has 110 valence electrons. The summed E-state index contributed by atoms with van der Waals surface area (Å²) < 4.78 is 26.8. The van der Waals surface area contributed by atoms with Crippen molar-refractivity contribution in [3.05, 3.63) is 35.4 Å². The second-order valence-corrected chi connectivity index (χ2v) is 5.33. The molecule has 2 unspecified atom stereocenters. The molecule has 1 aromatic rings. The van der Waals surface area contributed by atoms with Gasteiger partial charge in [0.15, 0.2) is 0 Å². The molecule has 2 rings (SSSR count). The topological polar surface area (TPSA) is 40.5 Å². The Morgan fingerprint density at radius 2 is 2.15 bits per heavy atom. The zero-order valence-corrected chi connectivity index (χ0v) is 11.5. The van der Waals surface area contributed by atoms with Crippen LogP contribution in [0.5, 0.6) is 0 Å². The summed E-state index contributed by atoms with van der Waals surface area (Å²) in [6, 6.07) is 3.38.